The molecule has 0 atom stereocenters. The molecule has 0 aliphatic rings. The van der Waals surface area contributed by atoms with Gasteiger partial charge in [0.2, 0.25) is 0 Å². The lowest BCUT2D eigenvalue weighted by molar-refractivity contribution is -0.136. The first-order valence-corrected chi connectivity index (χ1v) is 9.31. The van der Waals surface area contributed by atoms with Crippen molar-refractivity contribution >= 4 is 29.7 Å². The van der Waals surface area contributed by atoms with Gasteiger partial charge in [-0.3, -0.25) is 9.59 Å². The molecule has 162 valence electrons. The van der Waals surface area contributed by atoms with Crippen molar-refractivity contribution in [3.8, 4) is 11.5 Å². The van der Waals surface area contributed by atoms with E-state index in [1.54, 1.807) is 48.5 Å². The number of esters is 1. The molecule has 0 spiro atoms. The fourth-order valence-corrected chi connectivity index (χ4v) is 2.52. The van der Waals surface area contributed by atoms with Crippen molar-refractivity contribution in [2.75, 3.05) is 12.4 Å². The van der Waals surface area contributed by atoms with Gasteiger partial charge in [0.15, 0.2) is 0 Å². The van der Waals surface area contributed by atoms with Crippen LogP contribution in [0.3, 0.4) is 0 Å². The third-order valence-electron chi connectivity index (χ3n) is 4.11. The summed E-state index contributed by atoms with van der Waals surface area (Å²) in [5, 5.41) is 6.04. The predicted octanol–water partition coefficient (Wildman–Crippen LogP) is 3.14. The monoisotopic (exact) mass is 435 g/mol. The molecule has 3 aromatic rings. The summed E-state index contributed by atoms with van der Waals surface area (Å²) in [6, 6.07) is 17.9. The van der Waals surface area contributed by atoms with Crippen LogP contribution >= 0.6 is 0 Å². The maximum Gasteiger partial charge on any atom is 0.343 e. The van der Waals surface area contributed by atoms with Crippen LogP contribution in [-0.2, 0) is 9.59 Å². The Hall–Kier alpha value is -4.53. The third kappa shape index (κ3) is 5.99. The molecule has 0 fully saturated rings. The highest BCUT2D eigenvalue weighted by Crippen LogP contribution is 2.19. The summed E-state index contributed by atoms with van der Waals surface area (Å²) in [6.45, 7) is 0. The van der Waals surface area contributed by atoms with Crippen LogP contribution in [0.2, 0.25) is 0 Å². The highest BCUT2D eigenvalue weighted by atomic mass is 19.1. The van der Waals surface area contributed by atoms with E-state index in [0.717, 1.165) is 12.1 Å². The number of methoxy groups -OCH3 is 1. The standard InChI is InChI=1S/C23H18FN3O5/c1-31-19-7-4-6-15(13-19)23(30)32-20-8-3-2-5-16(20)14-25-27-22(29)21(28)26-18-11-9-17(24)10-12-18/h2-14H,1H3,(H,26,28)(H,27,29)/b25-14+. The smallest absolute Gasteiger partial charge is 0.343 e. The van der Waals surface area contributed by atoms with Crippen LogP contribution < -0.4 is 20.2 Å². The van der Waals surface area contributed by atoms with E-state index in [9.17, 15) is 18.8 Å². The number of anilines is 1. The van der Waals surface area contributed by atoms with Gasteiger partial charge in [-0.1, -0.05) is 18.2 Å². The molecule has 3 aromatic carbocycles. The molecule has 3 rings (SSSR count). The fraction of sp³-hybridized carbons (Fsp3) is 0.0435. The second-order valence-electron chi connectivity index (χ2n) is 6.32. The largest absolute Gasteiger partial charge is 0.497 e. The molecule has 0 radical (unpaired) electrons. The number of hydrogen-bond donors (Lipinski definition) is 2. The van der Waals surface area contributed by atoms with Crippen LogP contribution in [0.4, 0.5) is 10.1 Å². The second-order valence-corrected chi connectivity index (χ2v) is 6.32. The van der Waals surface area contributed by atoms with E-state index in [1.807, 2.05) is 0 Å². The van der Waals surface area contributed by atoms with Crippen molar-refractivity contribution in [1.82, 2.24) is 5.43 Å². The minimum Gasteiger partial charge on any atom is -0.497 e. The van der Waals surface area contributed by atoms with Crippen LogP contribution in [-0.4, -0.2) is 31.1 Å². The molecule has 32 heavy (non-hydrogen) atoms. The van der Waals surface area contributed by atoms with Crippen LogP contribution in [0.15, 0.2) is 77.9 Å². The van der Waals surface area contributed by atoms with E-state index in [2.05, 4.69) is 15.8 Å². The molecule has 2 N–H and O–H groups in total. The lowest BCUT2D eigenvalue weighted by Crippen LogP contribution is -2.32. The number of nitrogens with one attached hydrogen (secondary N) is 2. The average Bonchev–Trinajstić information content (AvgIpc) is 2.81. The molecular weight excluding hydrogens is 417 g/mol. The lowest BCUT2D eigenvalue weighted by Gasteiger charge is -2.08. The Balaban J connectivity index is 1.62. The zero-order valence-corrected chi connectivity index (χ0v) is 16.9. The molecule has 0 aliphatic heterocycles. The number of carbonyl (C=O) groups excluding carboxylic acids is 3. The summed E-state index contributed by atoms with van der Waals surface area (Å²) in [4.78, 5) is 36.2. The minimum absolute atomic E-state index is 0.203. The summed E-state index contributed by atoms with van der Waals surface area (Å²) < 4.78 is 23.4. The number of hydrazone groups is 1. The lowest BCUT2D eigenvalue weighted by atomic mass is 10.2. The van der Waals surface area contributed by atoms with Gasteiger partial charge in [0.05, 0.1) is 18.9 Å². The van der Waals surface area contributed by atoms with E-state index in [1.165, 1.54) is 25.5 Å². The van der Waals surface area contributed by atoms with Gasteiger partial charge in [-0.15, -0.1) is 0 Å². The Kier molecular flexibility index (Phi) is 7.26. The number of amides is 2. The Morgan fingerprint density at radius 1 is 0.938 bits per heavy atom. The molecule has 0 saturated carbocycles. The number of ether oxygens (including phenoxy) is 2. The molecule has 2 amide bonds. The van der Waals surface area contributed by atoms with E-state index >= 15 is 0 Å². The molecular formula is C23H18FN3O5. The number of para-hydroxylation sites is 1. The van der Waals surface area contributed by atoms with Crippen LogP contribution in [0.5, 0.6) is 11.5 Å². The fourth-order valence-electron chi connectivity index (χ4n) is 2.52. The number of hydrogen-bond acceptors (Lipinski definition) is 6. The second kappa shape index (κ2) is 10.5. The van der Waals surface area contributed by atoms with Crippen molar-refractivity contribution in [1.29, 1.82) is 0 Å². The van der Waals surface area contributed by atoms with Crippen LogP contribution in [0.25, 0.3) is 0 Å². The number of halogens is 1. The Bertz CT molecular complexity index is 1160. The molecule has 0 heterocycles. The zero-order chi connectivity index (χ0) is 22.9. The quantitative estimate of drug-likeness (QED) is 0.203. The molecule has 0 saturated heterocycles. The molecule has 0 aromatic heterocycles. The van der Waals surface area contributed by atoms with Gasteiger partial charge in [0.25, 0.3) is 0 Å². The van der Waals surface area contributed by atoms with Gasteiger partial charge >= 0.3 is 17.8 Å². The zero-order valence-electron chi connectivity index (χ0n) is 16.9. The first-order valence-electron chi connectivity index (χ1n) is 9.31. The summed E-state index contributed by atoms with van der Waals surface area (Å²) in [7, 11) is 1.49. The number of nitrogens with zero attached hydrogens (tertiary/aromatic N) is 1. The summed E-state index contributed by atoms with van der Waals surface area (Å²) >= 11 is 0. The summed E-state index contributed by atoms with van der Waals surface area (Å²) in [5.41, 5.74) is 3.02. The van der Waals surface area contributed by atoms with Crippen molar-refractivity contribution in [3.63, 3.8) is 0 Å². The van der Waals surface area contributed by atoms with E-state index in [-0.39, 0.29) is 11.4 Å². The van der Waals surface area contributed by atoms with Crippen molar-refractivity contribution < 1.29 is 28.2 Å². The number of benzene rings is 3. The Morgan fingerprint density at radius 2 is 1.69 bits per heavy atom. The highest BCUT2D eigenvalue weighted by Gasteiger charge is 2.14. The number of rotatable bonds is 6. The first kappa shape index (κ1) is 22.2. The van der Waals surface area contributed by atoms with Gasteiger partial charge < -0.3 is 14.8 Å². The van der Waals surface area contributed by atoms with Gasteiger partial charge in [-0.05, 0) is 54.6 Å². The van der Waals surface area contributed by atoms with Crippen LogP contribution in [0.1, 0.15) is 15.9 Å². The maximum atomic E-state index is 12.9. The minimum atomic E-state index is -1.03. The molecule has 9 heteroatoms. The molecule has 0 aliphatic carbocycles. The Labute approximate surface area is 182 Å². The SMILES string of the molecule is COc1cccc(C(=O)Oc2ccccc2/C=N/NC(=O)C(=O)Nc2ccc(F)cc2)c1. The molecule has 0 bridgehead atoms. The Morgan fingerprint density at radius 3 is 2.44 bits per heavy atom. The molecule has 0 unspecified atom stereocenters. The maximum absolute atomic E-state index is 12.9. The van der Waals surface area contributed by atoms with E-state index < -0.39 is 23.6 Å². The first-order chi connectivity index (χ1) is 15.5. The molecule has 8 nitrogen and oxygen atoms in total. The normalized spacial score (nSPS) is 10.4. The van der Waals surface area contributed by atoms with Gasteiger partial charge in [0.1, 0.15) is 17.3 Å². The number of carbonyl (C=O) groups is 3. The van der Waals surface area contributed by atoms with Gasteiger partial charge in [-0.25, -0.2) is 14.6 Å². The summed E-state index contributed by atoms with van der Waals surface area (Å²) in [5.74, 6) is -2.37. The highest BCUT2D eigenvalue weighted by molar-refractivity contribution is 6.39. The van der Waals surface area contributed by atoms with Crippen LogP contribution in [0, 0.1) is 5.82 Å². The van der Waals surface area contributed by atoms with Crippen molar-refractivity contribution in [3.05, 3.63) is 89.7 Å². The predicted molar refractivity (Wildman–Crippen MR) is 115 cm³/mol. The average molecular weight is 435 g/mol. The summed E-state index contributed by atoms with van der Waals surface area (Å²) in [6.07, 6.45) is 1.23. The van der Waals surface area contributed by atoms with E-state index in [4.69, 9.17) is 9.47 Å². The van der Waals surface area contributed by atoms with Gasteiger partial charge in [0, 0.05) is 11.3 Å². The third-order valence-corrected chi connectivity index (χ3v) is 4.11. The van der Waals surface area contributed by atoms with Crippen molar-refractivity contribution in [2.45, 2.75) is 0 Å². The van der Waals surface area contributed by atoms with Crippen molar-refractivity contribution in [2.24, 2.45) is 5.10 Å². The topological polar surface area (TPSA) is 106 Å². The van der Waals surface area contributed by atoms with E-state index in [0.29, 0.717) is 16.9 Å². The van der Waals surface area contributed by atoms with Gasteiger partial charge in [-0.2, -0.15) is 5.10 Å².